The zero-order valence-electron chi connectivity index (χ0n) is 14.2. The molecule has 0 N–H and O–H groups in total. The van der Waals surface area contributed by atoms with Crippen LogP contribution in [0.5, 0.6) is 0 Å². The van der Waals surface area contributed by atoms with Gasteiger partial charge in [-0.25, -0.2) is 0 Å². The van der Waals surface area contributed by atoms with Crippen LogP contribution in [0.25, 0.3) is 22.7 Å². The molecular formula is C19H20N4O2. The van der Waals surface area contributed by atoms with E-state index < -0.39 is 0 Å². The Balaban J connectivity index is 1.89. The van der Waals surface area contributed by atoms with Gasteiger partial charge in [0, 0.05) is 18.7 Å². The van der Waals surface area contributed by atoms with Crippen LogP contribution in [0.3, 0.4) is 0 Å². The van der Waals surface area contributed by atoms with Gasteiger partial charge in [-0.15, -0.1) is 23.4 Å². The molecule has 0 bridgehead atoms. The van der Waals surface area contributed by atoms with Crippen LogP contribution in [0.1, 0.15) is 11.7 Å². The first-order chi connectivity index (χ1) is 12.2. The normalized spacial score (nSPS) is 11.0. The van der Waals surface area contributed by atoms with Crippen molar-refractivity contribution in [2.24, 2.45) is 0 Å². The van der Waals surface area contributed by atoms with Gasteiger partial charge in [-0.3, -0.25) is 4.90 Å². The maximum Gasteiger partial charge on any atom is 0.253 e. The summed E-state index contributed by atoms with van der Waals surface area (Å²) < 4.78 is 11.2. The first-order valence-corrected chi connectivity index (χ1v) is 8.01. The standard InChI is InChI=1S/C19H20N4O2/c1-4-11-23(12-5-2)13-16-20-21-19(24-16)17-14(3)25-22-18(17)15-9-7-6-8-10-15/h4-10H,1-2,11-13H2,3H3. The summed E-state index contributed by atoms with van der Waals surface area (Å²) in [7, 11) is 0. The molecule has 2 heterocycles. The van der Waals surface area contributed by atoms with Crippen molar-refractivity contribution in [1.82, 2.24) is 20.3 Å². The first kappa shape index (κ1) is 16.9. The first-order valence-electron chi connectivity index (χ1n) is 8.01. The van der Waals surface area contributed by atoms with Gasteiger partial charge in [0.25, 0.3) is 5.89 Å². The largest absolute Gasteiger partial charge is 0.419 e. The van der Waals surface area contributed by atoms with Crippen LogP contribution >= 0.6 is 0 Å². The second-order valence-electron chi connectivity index (χ2n) is 5.60. The topological polar surface area (TPSA) is 68.2 Å². The highest BCUT2D eigenvalue weighted by Gasteiger charge is 2.22. The molecule has 3 rings (SSSR count). The van der Waals surface area contributed by atoms with E-state index in [-0.39, 0.29) is 0 Å². The van der Waals surface area contributed by atoms with Gasteiger partial charge in [0.05, 0.1) is 6.54 Å². The second-order valence-corrected chi connectivity index (χ2v) is 5.60. The van der Waals surface area contributed by atoms with Gasteiger partial charge in [0.15, 0.2) is 0 Å². The van der Waals surface area contributed by atoms with Crippen LogP contribution in [0.15, 0.2) is 64.6 Å². The van der Waals surface area contributed by atoms with Crippen molar-refractivity contribution in [2.45, 2.75) is 13.5 Å². The fourth-order valence-electron chi connectivity index (χ4n) is 2.60. The summed E-state index contributed by atoms with van der Waals surface area (Å²) in [6.45, 7) is 11.3. The SMILES string of the molecule is C=CCN(CC=C)Cc1nnc(-c2c(-c3ccccc3)noc2C)o1. The Bertz CT molecular complexity index is 841. The Labute approximate surface area is 146 Å². The van der Waals surface area contributed by atoms with Gasteiger partial charge in [-0.2, -0.15) is 0 Å². The van der Waals surface area contributed by atoms with E-state index in [1.54, 1.807) is 0 Å². The van der Waals surface area contributed by atoms with E-state index in [2.05, 4.69) is 33.4 Å². The number of rotatable bonds is 8. The minimum Gasteiger partial charge on any atom is -0.419 e. The molecular weight excluding hydrogens is 316 g/mol. The van der Waals surface area contributed by atoms with Crippen LogP contribution in [0, 0.1) is 6.92 Å². The molecule has 6 heteroatoms. The highest BCUT2D eigenvalue weighted by Crippen LogP contribution is 2.33. The van der Waals surface area contributed by atoms with Gasteiger partial charge in [-0.1, -0.05) is 47.6 Å². The van der Waals surface area contributed by atoms with Crippen molar-refractivity contribution in [1.29, 1.82) is 0 Å². The molecule has 6 nitrogen and oxygen atoms in total. The minimum atomic E-state index is 0.407. The molecule has 0 aliphatic rings. The molecule has 0 fully saturated rings. The fraction of sp³-hybridized carbons (Fsp3) is 0.211. The van der Waals surface area contributed by atoms with E-state index in [9.17, 15) is 0 Å². The van der Waals surface area contributed by atoms with Crippen LogP contribution in [-0.2, 0) is 6.54 Å². The predicted octanol–water partition coefficient (Wildman–Crippen LogP) is 3.87. The Hall–Kier alpha value is -2.99. The van der Waals surface area contributed by atoms with Crippen LogP contribution in [-0.4, -0.2) is 33.3 Å². The summed E-state index contributed by atoms with van der Waals surface area (Å²) in [4.78, 5) is 2.09. The molecule has 0 saturated heterocycles. The number of benzene rings is 1. The summed E-state index contributed by atoms with van der Waals surface area (Å²) in [5.74, 6) is 1.58. The summed E-state index contributed by atoms with van der Waals surface area (Å²) in [5, 5.41) is 12.5. The molecule has 0 aliphatic heterocycles. The smallest absolute Gasteiger partial charge is 0.253 e. The molecule has 0 radical (unpaired) electrons. The molecule has 0 spiro atoms. The Morgan fingerprint density at radius 1 is 1.08 bits per heavy atom. The van der Waals surface area contributed by atoms with Crippen molar-refractivity contribution >= 4 is 0 Å². The van der Waals surface area contributed by atoms with Crippen LogP contribution in [0.4, 0.5) is 0 Å². The summed E-state index contributed by atoms with van der Waals surface area (Å²) in [6.07, 6.45) is 3.66. The van der Waals surface area contributed by atoms with Gasteiger partial charge in [-0.05, 0) is 6.92 Å². The summed E-state index contributed by atoms with van der Waals surface area (Å²) in [5.41, 5.74) is 2.36. The number of hydrogen-bond acceptors (Lipinski definition) is 6. The fourth-order valence-corrected chi connectivity index (χ4v) is 2.60. The maximum atomic E-state index is 5.86. The number of hydrogen-bond donors (Lipinski definition) is 0. The van der Waals surface area contributed by atoms with Crippen LogP contribution in [0.2, 0.25) is 0 Å². The van der Waals surface area contributed by atoms with Crippen molar-refractivity contribution < 1.29 is 8.94 Å². The molecule has 3 aromatic rings. The van der Waals surface area contributed by atoms with Crippen molar-refractivity contribution in [3.63, 3.8) is 0 Å². The van der Waals surface area contributed by atoms with Gasteiger partial charge < -0.3 is 8.94 Å². The highest BCUT2D eigenvalue weighted by molar-refractivity contribution is 5.77. The Morgan fingerprint density at radius 2 is 1.80 bits per heavy atom. The number of nitrogens with zero attached hydrogens (tertiary/aromatic N) is 4. The minimum absolute atomic E-state index is 0.407. The van der Waals surface area contributed by atoms with Crippen LogP contribution < -0.4 is 0 Å². The average Bonchev–Trinajstić information content (AvgIpc) is 3.22. The van der Waals surface area contributed by atoms with Gasteiger partial charge >= 0.3 is 0 Å². The van der Waals surface area contributed by atoms with Gasteiger partial charge in [0.2, 0.25) is 5.89 Å². The summed E-state index contributed by atoms with van der Waals surface area (Å²) >= 11 is 0. The van der Waals surface area contributed by atoms with Gasteiger partial charge in [0.1, 0.15) is 17.0 Å². The van der Waals surface area contributed by atoms with Crippen molar-refractivity contribution in [3.8, 4) is 22.7 Å². The molecule has 0 unspecified atom stereocenters. The van der Waals surface area contributed by atoms with Crippen molar-refractivity contribution in [2.75, 3.05) is 13.1 Å². The van der Waals surface area contributed by atoms with E-state index in [4.69, 9.17) is 8.94 Å². The molecule has 2 aromatic heterocycles. The molecule has 0 amide bonds. The zero-order chi connectivity index (χ0) is 17.6. The molecule has 0 aliphatic carbocycles. The monoisotopic (exact) mass is 336 g/mol. The quantitative estimate of drug-likeness (QED) is 0.582. The molecule has 0 saturated carbocycles. The average molecular weight is 336 g/mol. The van der Waals surface area contributed by atoms with E-state index in [0.29, 0.717) is 42.9 Å². The van der Waals surface area contributed by atoms with E-state index in [1.165, 1.54) is 0 Å². The molecule has 0 atom stereocenters. The number of aromatic nitrogens is 3. The lowest BCUT2D eigenvalue weighted by atomic mass is 10.1. The third-order valence-electron chi connectivity index (χ3n) is 3.72. The zero-order valence-corrected chi connectivity index (χ0v) is 14.2. The van der Waals surface area contributed by atoms with Crippen molar-refractivity contribution in [3.05, 3.63) is 67.3 Å². The third kappa shape index (κ3) is 3.75. The van der Waals surface area contributed by atoms with E-state index in [1.807, 2.05) is 49.4 Å². The molecule has 1 aromatic carbocycles. The predicted molar refractivity (Wildman–Crippen MR) is 95.6 cm³/mol. The van der Waals surface area contributed by atoms with E-state index >= 15 is 0 Å². The second kappa shape index (κ2) is 7.72. The third-order valence-corrected chi connectivity index (χ3v) is 3.72. The number of aryl methyl sites for hydroxylation is 1. The lowest BCUT2D eigenvalue weighted by molar-refractivity contribution is 0.289. The Kier molecular flexibility index (Phi) is 5.20. The molecule has 25 heavy (non-hydrogen) atoms. The highest BCUT2D eigenvalue weighted by atomic mass is 16.5. The molecule has 128 valence electrons. The van der Waals surface area contributed by atoms with E-state index in [0.717, 1.165) is 11.1 Å². The maximum absolute atomic E-state index is 5.86. The lowest BCUT2D eigenvalue weighted by Crippen LogP contribution is -2.23. The Morgan fingerprint density at radius 3 is 2.48 bits per heavy atom. The lowest BCUT2D eigenvalue weighted by Gasteiger charge is -2.15. The summed E-state index contributed by atoms with van der Waals surface area (Å²) in [6, 6.07) is 9.78.